The summed E-state index contributed by atoms with van der Waals surface area (Å²) in [5.41, 5.74) is 0. The number of hydrogen-bond donors (Lipinski definition) is 2. The van der Waals surface area contributed by atoms with Crippen molar-refractivity contribution >= 4 is 11.7 Å². The molecule has 10 heavy (non-hydrogen) atoms. The molecular weight excluding hydrogens is 134 g/mol. The molecular formula is C6H9NO3. The summed E-state index contributed by atoms with van der Waals surface area (Å²) in [4.78, 5) is 21.3. The second-order valence-electron chi connectivity index (χ2n) is 2.37. The summed E-state index contributed by atoms with van der Waals surface area (Å²) in [6.45, 7) is -0.155. The van der Waals surface area contributed by atoms with Crippen molar-refractivity contribution in [2.75, 3.05) is 6.61 Å². The molecule has 4 nitrogen and oxygen atoms in total. The molecule has 0 aromatic rings. The summed E-state index contributed by atoms with van der Waals surface area (Å²) in [7, 11) is 0. The van der Waals surface area contributed by atoms with Gasteiger partial charge >= 0.3 is 0 Å². The monoisotopic (exact) mass is 143 g/mol. The Kier molecular flexibility index (Phi) is 2.01. The number of piperidine rings is 1. The first-order chi connectivity index (χ1) is 4.72. The number of nitrogens with one attached hydrogen (secondary N) is 1. The highest BCUT2D eigenvalue weighted by Crippen LogP contribution is 2.02. The van der Waals surface area contributed by atoms with Gasteiger partial charge in [0.1, 0.15) is 5.78 Å². The molecule has 1 fully saturated rings. The SMILES string of the molecule is O=C1CC(=O)NC(CO)C1. The van der Waals surface area contributed by atoms with Crippen LogP contribution in [0.4, 0.5) is 0 Å². The second-order valence-corrected chi connectivity index (χ2v) is 2.37. The maximum Gasteiger partial charge on any atom is 0.227 e. The van der Waals surface area contributed by atoms with Crippen LogP contribution in [-0.4, -0.2) is 29.4 Å². The van der Waals surface area contributed by atoms with E-state index in [1.54, 1.807) is 0 Å². The number of hydrogen-bond acceptors (Lipinski definition) is 3. The Balaban J connectivity index is 2.50. The van der Waals surface area contributed by atoms with E-state index in [2.05, 4.69) is 5.32 Å². The molecule has 0 radical (unpaired) electrons. The molecule has 0 aromatic carbocycles. The molecule has 1 amide bonds. The Bertz CT molecular complexity index is 150. The molecule has 2 N–H and O–H groups in total. The highest BCUT2D eigenvalue weighted by molar-refractivity contribution is 6.00. The molecule has 1 aliphatic heterocycles. The number of ketones is 1. The van der Waals surface area contributed by atoms with E-state index in [0.29, 0.717) is 0 Å². The van der Waals surface area contributed by atoms with Gasteiger partial charge in [-0.1, -0.05) is 0 Å². The number of carbonyl (C=O) groups is 2. The van der Waals surface area contributed by atoms with Gasteiger partial charge in [-0.15, -0.1) is 0 Å². The van der Waals surface area contributed by atoms with Crippen LogP contribution < -0.4 is 5.32 Å². The Morgan fingerprint density at radius 3 is 2.80 bits per heavy atom. The van der Waals surface area contributed by atoms with Crippen LogP contribution in [-0.2, 0) is 9.59 Å². The fraction of sp³-hybridized carbons (Fsp3) is 0.667. The minimum Gasteiger partial charge on any atom is -0.394 e. The van der Waals surface area contributed by atoms with E-state index in [4.69, 9.17) is 5.11 Å². The first-order valence-corrected chi connectivity index (χ1v) is 3.14. The van der Waals surface area contributed by atoms with E-state index in [1.807, 2.05) is 0 Å². The number of Topliss-reactive ketones (excluding diaryl/α,β-unsaturated/α-hetero) is 1. The topological polar surface area (TPSA) is 66.4 Å². The van der Waals surface area contributed by atoms with Crippen molar-refractivity contribution in [2.24, 2.45) is 0 Å². The summed E-state index contributed by atoms with van der Waals surface area (Å²) < 4.78 is 0. The summed E-state index contributed by atoms with van der Waals surface area (Å²) in [5.74, 6) is -0.377. The lowest BCUT2D eigenvalue weighted by molar-refractivity contribution is -0.132. The van der Waals surface area contributed by atoms with Crippen LogP contribution in [0.1, 0.15) is 12.8 Å². The van der Waals surface area contributed by atoms with Gasteiger partial charge < -0.3 is 10.4 Å². The molecule has 0 spiro atoms. The molecule has 0 saturated carbocycles. The van der Waals surface area contributed by atoms with Gasteiger partial charge in [-0.25, -0.2) is 0 Å². The maximum absolute atomic E-state index is 10.7. The van der Waals surface area contributed by atoms with E-state index in [-0.39, 0.29) is 37.2 Å². The fourth-order valence-corrected chi connectivity index (χ4v) is 0.966. The molecule has 4 heteroatoms. The predicted octanol–water partition coefficient (Wildman–Crippen LogP) is -1.17. The summed E-state index contributed by atoms with van der Waals surface area (Å²) >= 11 is 0. The standard InChI is InChI=1S/C6H9NO3/c8-3-4-1-5(9)2-6(10)7-4/h4,8H,1-3H2,(H,7,10). The molecule has 1 rings (SSSR count). The lowest BCUT2D eigenvalue weighted by atomic mass is 10.0. The Labute approximate surface area is 58.2 Å². The zero-order valence-electron chi connectivity index (χ0n) is 5.46. The van der Waals surface area contributed by atoms with Crippen molar-refractivity contribution < 1.29 is 14.7 Å². The largest absolute Gasteiger partial charge is 0.394 e. The van der Waals surface area contributed by atoms with Gasteiger partial charge in [-0.05, 0) is 0 Å². The quantitative estimate of drug-likeness (QED) is 0.454. The minimum atomic E-state index is -0.353. The third kappa shape index (κ3) is 1.54. The third-order valence-electron chi connectivity index (χ3n) is 1.42. The summed E-state index contributed by atoms with van der Waals surface area (Å²) in [5, 5.41) is 11.0. The molecule has 0 aromatic heterocycles. The van der Waals surface area contributed by atoms with E-state index in [0.717, 1.165) is 0 Å². The highest BCUT2D eigenvalue weighted by Gasteiger charge is 2.23. The average molecular weight is 143 g/mol. The van der Waals surface area contributed by atoms with Gasteiger partial charge in [-0.3, -0.25) is 9.59 Å². The van der Waals surface area contributed by atoms with Crippen molar-refractivity contribution in [3.05, 3.63) is 0 Å². The third-order valence-corrected chi connectivity index (χ3v) is 1.42. The number of rotatable bonds is 1. The minimum absolute atomic E-state index is 0.0313. The highest BCUT2D eigenvalue weighted by atomic mass is 16.3. The zero-order chi connectivity index (χ0) is 7.56. The Hall–Kier alpha value is -0.900. The average Bonchev–Trinajstić information content (AvgIpc) is 1.85. The number of amides is 1. The van der Waals surface area contributed by atoms with Crippen LogP contribution in [0.5, 0.6) is 0 Å². The van der Waals surface area contributed by atoms with E-state index in [1.165, 1.54) is 0 Å². The van der Waals surface area contributed by atoms with Crippen molar-refractivity contribution in [1.29, 1.82) is 0 Å². The Morgan fingerprint density at radius 2 is 2.30 bits per heavy atom. The first-order valence-electron chi connectivity index (χ1n) is 3.14. The van der Waals surface area contributed by atoms with Gasteiger partial charge in [-0.2, -0.15) is 0 Å². The molecule has 1 atom stereocenters. The predicted molar refractivity (Wildman–Crippen MR) is 33.3 cm³/mol. The Morgan fingerprint density at radius 1 is 1.60 bits per heavy atom. The van der Waals surface area contributed by atoms with Crippen molar-refractivity contribution in [3.63, 3.8) is 0 Å². The smallest absolute Gasteiger partial charge is 0.227 e. The summed E-state index contributed by atoms with van der Waals surface area (Å²) in [6, 6.07) is -0.353. The van der Waals surface area contributed by atoms with Gasteiger partial charge in [0.25, 0.3) is 0 Å². The van der Waals surface area contributed by atoms with Gasteiger partial charge in [0.05, 0.1) is 19.1 Å². The van der Waals surface area contributed by atoms with Gasteiger partial charge in [0.2, 0.25) is 5.91 Å². The van der Waals surface area contributed by atoms with E-state index >= 15 is 0 Å². The van der Waals surface area contributed by atoms with Crippen molar-refractivity contribution in [2.45, 2.75) is 18.9 Å². The number of aliphatic hydroxyl groups excluding tert-OH is 1. The molecule has 0 aliphatic carbocycles. The van der Waals surface area contributed by atoms with Gasteiger partial charge in [0.15, 0.2) is 0 Å². The molecule has 56 valence electrons. The molecule has 1 heterocycles. The van der Waals surface area contributed by atoms with Crippen LogP contribution >= 0.6 is 0 Å². The van der Waals surface area contributed by atoms with Crippen molar-refractivity contribution in [3.8, 4) is 0 Å². The van der Waals surface area contributed by atoms with Crippen LogP contribution in [0.25, 0.3) is 0 Å². The van der Waals surface area contributed by atoms with Crippen molar-refractivity contribution in [1.82, 2.24) is 5.32 Å². The van der Waals surface area contributed by atoms with Crippen LogP contribution in [0.15, 0.2) is 0 Å². The number of carbonyl (C=O) groups excluding carboxylic acids is 2. The lowest BCUT2D eigenvalue weighted by Gasteiger charge is -2.19. The van der Waals surface area contributed by atoms with E-state index < -0.39 is 0 Å². The molecule has 0 bridgehead atoms. The van der Waals surface area contributed by atoms with Crippen LogP contribution in [0, 0.1) is 0 Å². The van der Waals surface area contributed by atoms with Gasteiger partial charge in [0, 0.05) is 6.42 Å². The fourth-order valence-electron chi connectivity index (χ4n) is 0.966. The van der Waals surface area contributed by atoms with Crippen LogP contribution in [0.3, 0.4) is 0 Å². The normalized spacial score (nSPS) is 26.3. The van der Waals surface area contributed by atoms with Crippen LogP contribution in [0.2, 0.25) is 0 Å². The molecule has 1 saturated heterocycles. The molecule has 1 unspecified atom stereocenters. The number of aliphatic hydroxyl groups is 1. The lowest BCUT2D eigenvalue weighted by Crippen LogP contribution is -2.44. The van der Waals surface area contributed by atoms with E-state index in [9.17, 15) is 9.59 Å². The maximum atomic E-state index is 10.7. The summed E-state index contributed by atoms with van der Waals surface area (Å²) in [6.07, 6.45) is 0.235. The zero-order valence-corrected chi connectivity index (χ0v) is 5.46. The second kappa shape index (κ2) is 2.79. The first kappa shape index (κ1) is 7.21. The molecule has 1 aliphatic rings.